The lowest BCUT2D eigenvalue weighted by atomic mass is 9.80. The van der Waals surface area contributed by atoms with Crippen LogP contribution in [0.3, 0.4) is 0 Å². The first-order chi connectivity index (χ1) is 5.93. The highest BCUT2D eigenvalue weighted by Crippen LogP contribution is 2.44. The summed E-state index contributed by atoms with van der Waals surface area (Å²) in [4.78, 5) is 0. The summed E-state index contributed by atoms with van der Waals surface area (Å²) in [6, 6.07) is 0. The number of rotatable bonds is 5. The molecule has 0 fully saturated rings. The summed E-state index contributed by atoms with van der Waals surface area (Å²) in [5.74, 6) is 0. The predicted molar refractivity (Wildman–Crippen MR) is 45.4 cm³/mol. The molecule has 13 heavy (non-hydrogen) atoms. The summed E-state index contributed by atoms with van der Waals surface area (Å²) >= 11 is 0. The number of alkyl halides is 3. The topological polar surface area (TPSA) is 20.2 Å². The van der Waals surface area contributed by atoms with Gasteiger partial charge in [-0.25, -0.2) is 0 Å². The minimum absolute atomic E-state index is 0.0278. The number of aliphatic hydroxyl groups excluding tert-OH is 1. The van der Waals surface area contributed by atoms with Crippen molar-refractivity contribution in [3.05, 3.63) is 0 Å². The van der Waals surface area contributed by atoms with Gasteiger partial charge in [-0.05, 0) is 12.8 Å². The standard InChI is InChI=1S/C9H17F3O/c1-3-5-6-8(4-2,7-13)9(10,11)12/h13H,3-7H2,1-2H3. The van der Waals surface area contributed by atoms with Gasteiger partial charge in [0.15, 0.2) is 0 Å². The Morgan fingerprint density at radius 1 is 1.15 bits per heavy atom. The van der Waals surface area contributed by atoms with E-state index in [9.17, 15) is 13.2 Å². The highest BCUT2D eigenvalue weighted by molar-refractivity contribution is 4.84. The van der Waals surface area contributed by atoms with Crippen molar-refractivity contribution in [3.8, 4) is 0 Å². The third-order valence-electron chi connectivity index (χ3n) is 2.59. The van der Waals surface area contributed by atoms with E-state index < -0.39 is 18.2 Å². The molecular formula is C9H17F3O. The lowest BCUT2D eigenvalue weighted by molar-refractivity contribution is -0.240. The molecule has 0 saturated carbocycles. The van der Waals surface area contributed by atoms with Gasteiger partial charge >= 0.3 is 6.18 Å². The second kappa shape index (κ2) is 4.84. The molecule has 1 N–H and O–H groups in total. The Hall–Kier alpha value is -0.250. The number of aliphatic hydroxyl groups is 1. The highest BCUT2D eigenvalue weighted by Gasteiger charge is 2.52. The molecule has 1 atom stereocenters. The summed E-state index contributed by atoms with van der Waals surface area (Å²) in [6.45, 7) is 2.51. The summed E-state index contributed by atoms with van der Waals surface area (Å²) in [6.07, 6.45) is -3.08. The molecule has 0 aliphatic heterocycles. The number of unbranched alkanes of at least 4 members (excludes halogenated alkanes) is 1. The minimum atomic E-state index is -4.29. The number of hydrogen-bond donors (Lipinski definition) is 1. The van der Waals surface area contributed by atoms with E-state index in [1.54, 1.807) is 0 Å². The third-order valence-corrected chi connectivity index (χ3v) is 2.59. The third kappa shape index (κ3) is 2.86. The van der Waals surface area contributed by atoms with Gasteiger partial charge in [-0.2, -0.15) is 13.2 Å². The van der Waals surface area contributed by atoms with E-state index >= 15 is 0 Å². The first kappa shape index (κ1) is 12.8. The van der Waals surface area contributed by atoms with Crippen LogP contribution in [0.4, 0.5) is 13.2 Å². The SMILES string of the molecule is CCCCC(CC)(CO)C(F)(F)F. The molecule has 1 nitrogen and oxygen atoms in total. The van der Waals surface area contributed by atoms with Crippen LogP contribution in [-0.4, -0.2) is 17.9 Å². The second-order valence-corrected chi connectivity index (χ2v) is 3.39. The van der Waals surface area contributed by atoms with Crippen molar-refractivity contribution in [2.75, 3.05) is 6.61 Å². The number of hydrogen-bond acceptors (Lipinski definition) is 1. The Morgan fingerprint density at radius 3 is 1.92 bits per heavy atom. The van der Waals surface area contributed by atoms with E-state index in [4.69, 9.17) is 5.11 Å². The van der Waals surface area contributed by atoms with Gasteiger partial charge in [-0.3, -0.25) is 0 Å². The van der Waals surface area contributed by atoms with Crippen molar-refractivity contribution in [2.24, 2.45) is 5.41 Å². The van der Waals surface area contributed by atoms with E-state index in [1.165, 1.54) is 6.92 Å². The molecule has 80 valence electrons. The molecular weight excluding hydrogens is 181 g/mol. The van der Waals surface area contributed by atoms with Crippen LogP contribution in [0.2, 0.25) is 0 Å². The van der Waals surface area contributed by atoms with Crippen LogP contribution < -0.4 is 0 Å². The largest absolute Gasteiger partial charge is 0.396 e. The average Bonchev–Trinajstić information content (AvgIpc) is 2.05. The van der Waals surface area contributed by atoms with Crippen molar-refractivity contribution in [3.63, 3.8) is 0 Å². The van der Waals surface area contributed by atoms with Crippen molar-refractivity contribution in [1.29, 1.82) is 0 Å². The normalized spacial score (nSPS) is 17.1. The van der Waals surface area contributed by atoms with Crippen LogP contribution in [0.1, 0.15) is 39.5 Å². The zero-order valence-corrected chi connectivity index (χ0v) is 8.12. The van der Waals surface area contributed by atoms with E-state index in [2.05, 4.69) is 0 Å². The van der Waals surface area contributed by atoms with Crippen molar-refractivity contribution in [2.45, 2.75) is 45.7 Å². The highest BCUT2D eigenvalue weighted by atomic mass is 19.4. The van der Waals surface area contributed by atoms with Gasteiger partial charge in [0.1, 0.15) is 0 Å². The molecule has 0 aromatic heterocycles. The fourth-order valence-corrected chi connectivity index (χ4v) is 1.31. The van der Waals surface area contributed by atoms with Crippen molar-refractivity contribution >= 4 is 0 Å². The molecule has 0 saturated heterocycles. The Labute approximate surface area is 76.9 Å². The van der Waals surface area contributed by atoms with Crippen LogP contribution in [0.5, 0.6) is 0 Å². The summed E-state index contributed by atoms with van der Waals surface area (Å²) in [5.41, 5.74) is -1.87. The van der Waals surface area contributed by atoms with E-state index in [1.807, 2.05) is 6.92 Å². The van der Waals surface area contributed by atoms with Crippen LogP contribution in [0.25, 0.3) is 0 Å². The molecule has 0 spiro atoms. The summed E-state index contributed by atoms with van der Waals surface area (Å²) in [7, 11) is 0. The molecule has 0 aromatic carbocycles. The minimum Gasteiger partial charge on any atom is -0.395 e. The molecule has 0 aliphatic carbocycles. The quantitative estimate of drug-likeness (QED) is 0.719. The van der Waals surface area contributed by atoms with Crippen LogP contribution in [0.15, 0.2) is 0 Å². The maximum Gasteiger partial charge on any atom is 0.396 e. The van der Waals surface area contributed by atoms with E-state index in [-0.39, 0.29) is 12.8 Å². The van der Waals surface area contributed by atoms with Gasteiger partial charge in [0.05, 0.1) is 12.0 Å². The van der Waals surface area contributed by atoms with E-state index in [0.29, 0.717) is 6.42 Å². The molecule has 1 unspecified atom stereocenters. The van der Waals surface area contributed by atoms with Crippen LogP contribution in [-0.2, 0) is 0 Å². The Kier molecular flexibility index (Phi) is 4.75. The van der Waals surface area contributed by atoms with Crippen LogP contribution in [0, 0.1) is 5.41 Å². The Bertz CT molecular complexity index is 138. The number of halogens is 3. The first-order valence-electron chi connectivity index (χ1n) is 4.61. The predicted octanol–water partition coefficient (Wildman–Crippen LogP) is 3.13. The molecule has 0 amide bonds. The zero-order valence-electron chi connectivity index (χ0n) is 8.12. The van der Waals surface area contributed by atoms with Gasteiger partial charge in [0.25, 0.3) is 0 Å². The van der Waals surface area contributed by atoms with Gasteiger partial charge in [-0.15, -0.1) is 0 Å². The van der Waals surface area contributed by atoms with Gasteiger partial charge in [0, 0.05) is 0 Å². The lowest BCUT2D eigenvalue weighted by Crippen LogP contribution is -2.40. The summed E-state index contributed by atoms with van der Waals surface area (Å²) in [5, 5.41) is 8.82. The Morgan fingerprint density at radius 2 is 1.69 bits per heavy atom. The smallest absolute Gasteiger partial charge is 0.395 e. The zero-order chi connectivity index (χ0) is 10.5. The lowest BCUT2D eigenvalue weighted by Gasteiger charge is -2.32. The van der Waals surface area contributed by atoms with Gasteiger partial charge < -0.3 is 5.11 Å². The van der Waals surface area contributed by atoms with Crippen molar-refractivity contribution in [1.82, 2.24) is 0 Å². The molecule has 0 aromatic rings. The monoisotopic (exact) mass is 198 g/mol. The molecule has 0 bridgehead atoms. The summed E-state index contributed by atoms with van der Waals surface area (Å²) < 4.78 is 37.6. The molecule has 4 heteroatoms. The first-order valence-corrected chi connectivity index (χ1v) is 4.61. The maximum atomic E-state index is 12.5. The maximum absolute atomic E-state index is 12.5. The molecule has 0 heterocycles. The van der Waals surface area contributed by atoms with Crippen LogP contribution >= 0.6 is 0 Å². The molecule has 0 radical (unpaired) electrons. The fourth-order valence-electron chi connectivity index (χ4n) is 1.31. The fraction of sp³-hybridized carbons (Fsp3) is 1.00. The van der Waals surface area contributed by atoms with Gasteiger partial charge in [-0.1, -0.05) is 26.7 Å². The Balaban J connectivity index is 4.50. The molecule has 0 aliphatic rings. The second-order valence-electron chi connectivity index (χ2n) is 3.39. The van der Waals surface area contributed by atoms with E-state index in [0.717, 1.165) is 6.42 Å². The van der Waals surface area contributed by atoms with Gasteiger partial charge in [0.2, 0.25) is 0 Å². The molecule has 0 rings (SSSR count). The van der Waals surface area contributed by atoms with Crippen molar-refractivity contribution < 1.29 is 18.3 Å². The average molecular weight is 198 g/mol.